The number of nitrogens with one attached hydrogen (secondary N) is 1. The van der Waals surface area contributed by atoms with Gasteiger partial charge in [0.05, 0.1) is 6.10 Å². The lowest BCUT2D eigenvalue weighted by molar-refractivity contribution is 0.00192. The fourth-order valence-corrected chi connectivity index (χ4v) is 2.82. The topological polar surface area (TPSA) is 24.5 Å². The van der Waals surface area contributed by atoms with Gasteiger partial charge in [0.15, 0.2) is 0 Å². The molecule has 1 aliphatic rings. The fraction of sp³-hybridized carbons (Fsp3) is 1.00. The van der Waals surface area contributed by atoms with E-state index in [1.54, 1.807) is 0 Å². The highest BCUT2D eigenvalue weighted by Gasteiger charge is 2.24. The third kappa shape index (κ3) is 5.25. The summed E-state index contributed by atoms with van der Waals surface area (Å²) >= 11 is 0. The first-order chi connectivity index (χ1) is 8.71. The Balaban J connectivity index is 2.42. The Kier molecular flexibility index (Phi) is 7.87. The first kappa shape index (κ1) is 15.9. The molecule has 1 heterocycles. The van der Waals surface area contributed by atoms with Crippen molar-refractivity contribution in [2.24, 2.45) is 5.92 Å². The number of hydrogen-bond acceptors (Lipinski definition) is 3. The Hall–Kier alpha value is -0.120. The Labute approximate surface area is 113 Å². The summed E-state index contributed by atoms with van der Waals surface area (Å²) in [6.07, 6.45) is 4.23. The van der Waals surface area contributed by atoms with Crippen LogP contribution in [0.25, 0.3) is 0 Å². The summed E-state index contributed by atoms with van der Waals surface area (Å²) < 4.78 is 5.78. The Bertz CT molecular complexity index is 209. The molecule has 1 fully saturated rings. The van der Waals surface area contributed by atoms with Crippen LogP contribution in [0.2, 0.25) is 0 Å². The SMILES string of the molecule is CCNC(CN1CCCC(OCC)C1)C(C)CC. The minimum absolute atomic E-state index is 0.461. The Morgan fingerprint density at radius 2 is 2.11 bits per heavy atom. The van der Waals surface area contributed by atoms with Gasteiger partial charge in [-0.2, -0.15) is 0 Å². The number of rotatable bonds is 8. The normalized spacial score (nSPS) is 25.0. The highest BCUT2D eigenvalue weighted by Crippen LogP contribution is 2.16. The quantitative estimate of drug-likeness (QED) is 0.722. The molecular weight excluding hydrogens is 224 g/mol. The minimum Gasteiger partial charge on any atom is -0.377 e. The largest absolute Gasteiger partial charge is 0.377 e. The van der Waals surface area contributed by atoms with Gasteiger partial charge in [-0.25, -0.2) is 0 Å². The third-order valence-corrected chi connectivity index (χ3v) is 4.12. The molecule has 108 valence electrons. The summed E-state index contributed by atoms with van der Waals surface area (Å²) in [6, 6.07) is 0.625. The lowest BCUT2D eigenvalue weighted by atomic mass is 9.97. The second kappa shape index (κ2) is 8.89. The standard InChI is InChI=1S/C15H32N2O/c1-5-13(4)15(16-6-2)12-17-10-8-9-14(11-17)18-7-3/h13-16H,5-12H2,1-4H3. The van der Waals surface area contributed by atoms with E-state index in [0.717, 1.165) is 25.6 Å². The predicted molar refractivity (Wildman–Crippen MR) is 78.0 cm³/mol. The van der Waals surface area contributed by atoms with Crippen LogP contribution in [-0.4, -0.2) is 49.8 Å². The van der Waals surface area contributed by atoms with E-state index < -0.39 is 0 Å². The lowest BCUT2D eigenvalue weighted by Gasteiger charge is -2.36. The molecule has 0 aromatic carbocycles. The summed E-state index contributed by atoms with van der Waals surface area (Å²) in [5.41, 5.74) is 0. The van der Waals surface area contributed by atoms with Crippen LogP contribution in [-0.2, 0) is 4.74 Å². The molecule has 0 bridgehead atoms. The number of likely N-dealkylation sites (N-methyl/N-ethyl adjacent to an activating group) is 1. The van der Waals surface area contributed by atoms with Crippen molar-refractivity contribution in [1.82, 2.24) is 10.2 Å². The number of likely N-dealkylation sites (tertiary alicyclic amines) is 1. The van der Waals surface area contributed by atoms with Gasteiger partial charge in [0, 0.05) is 25.7 Å². The number of piperidine rings is 1. The van der Waals surface area contributed by atoms with Crippen molar-refractivity contribution in [2.45, 2.75) is 59.1 Å². The lowest BCUT2D eigenvalue weighted by Crippen LogP contribution is -2.49. The van der Waals surface area contributed by atoms with E-state index in [0.29, 0.717) is 12.1 Å². The zero-order chi connectivity index (χ0) is 13.4. The molecular formula is C15H32N2O. The van der Waals surface area contributed by atoms with E-state index in [4.69, 9.17) is 4.74 Å². The smallest absolute Gasteiger partial charge is 0.0702 e. The molecule has 0 aliphatic carbocycles. The zero-order valence-corrected chi connectivity index (χ0v) is 12.7. The second-order valence-corrected chi connectivity index (χ2v) is 5.53. The average Bonchev–Trinajstić information content (AvgIpc) is 2.38. The maximum atomic E-state index is 5.78. The molecule has 1 aliphatic heterocycles. The Morgan fingerprint density at radius 3 is 2.72 bits per heavy atom. The summed E-state index contributed by atoms with van der Waals surface area (Å²) in [5, 5.41) is 3.64. The monoisotopic (exact) mass is 256 g/mol. The third-order valence-electron chi connectivity index (χ3n) is 4.12. The van der Waals surface area contributed by atoms with E-state index in [1.165, 1.54) is 32.4 Å². The molecule has 3 unspecified atom stereocenters. The maximum Gasteiger partial charge on any atom is 0.0702 e. The summed E-state index contributed by atoms with van der Waals surface area (Å²) in [4.78, 5) is 2.59. The van der Waals surface area contributed by atoms with Crippen molar-refractivity contribution >= 4 is 0 Å². The number of hydrogen-bond donors (Lipinski definition) is 1. The van der Waals surface area contributed by atoms with Crippen LogP contribution in [0.3, 0.4) is 0 Å². The molecule has 0 amide bonds. The fourth-order valence-electron chi connectivity index (χ4n) is 2.82. The summed E-state index contributed by atoms with van der Waals surface area (Å²) in [6.45, 7) is 14.4. The van der Waals surface area contributed by atoms with Crippen molar-refractivity contribution in [3.63, 3.8) is 0 Å². The second-order valence-electron chi connectivity index (χ2n) is 5.53. The van der Waals surface area contributed by atoms with Crippen LogP contribution in [0, 0.1) is 5.92 Å². The molecule has 0 aromatic rings. The summed E-state index contributed by atoms with van der Waals surface area (Å²) in [7, 11) is 0. The van der Waals surface area contributed by atoms with Crippen LogP contribution in [0.5, 0.6) is 0 Å². The van der Waals surface area contributed by atoms with E-state index in [1.807, 2.05) is 0 Å². The Morgan fingerprint density at radius 1 is 1.33 bits per heavy atom. The van der Waals surface area contributed by atoms with Crippen molar-refractivity contribution < 1.29 is 4.74 Å². The van der Waals surface area contributed by atoms with Gasteiger partial charge in [0.25, 0.3) is 0 Å². The molecule has 0 aromatic heterocycles. The van der Waals surface area contributed by atoms with Gasteiger partial charge >= 0.3 is 0 Å². The van der Waals surface area contributed by atoms with Gasteiger partial charge in [-0.15, -0.1) is 0 Å². The van der Waals surface area contributed by atoms with Crippen molar-refractivity contribution in [2.75, 3.05) is 32.8 Å². The number of nitrogens with zero attached hydrogens (tertiary/aromatic N) is 1. The molecule has 0 saturated carbocycles. The van der Waals surface area contributed by atoms with Gasteiger partial charge in [-0.05, 0) is 38.8 Å². The molecule has 3 nitrogen and oxygen atoms in total. The van der Waals surface area contributed by atoms with Crippen LogP contribution < -0.4 is 5.32 Å². The van der Waals surface area contributed by atoms with Gasteiger partial charge < -0.3 is 10.1 Å². The molecule has 1 N–H and O–H groups in total. The van der Waals surface area contributed by atoms with E-state index in [-0.39, 0.29) is 0 Å². The first-order valence-electron chi connectivity index (χ1n) is 7.78. The molecule has 0 spiro atoms. The van der Waals surface area contributed by atoms with E-state index >= 15 is 0 Å². The van der Waals surface area contributed by atoms with Crippen molar-refractivity contribution in [3.8, 4) is 0 Å². The molecule has 18 heavy (non-hydrogen) atoms. The van der Waals surface area contributed by atoms with Crippen molar-refractivity contribution in [1.29, 1.82) is 0 Å². The van der Waals surface area contributed by atoms with E-state index in [2.05, 4.69) is 37.9 Å². The molecule has 3 heteroatoms. The molecule has 3 atom stereocenters. The highest BCUT2D eigenvalue weighted by atomic mass is 16.5. The first-order valence-corrected chi connectivity index (χ1v) is 7.78. The van der Waals surface area contributed by atoms with Gasteiger partial charge in [-0.3, -0.25) is 4.90 Å². The van der Waals surface area contributed by atoms with Crippen LogP contribution in [0.4, 0.5) is 0 Å². The zero-order valence-electron chi connectivity index (χ0n) is 12.7. The van der Waals surface area contributed by atoms with Crippen LogP contribution in [0.1, 0.15) is 47.0 Å². The van der Waals surface area contributed by atoms with Gasteiger partial charge in [0.1, 0.15) is 0 Å². The van der Waals surface area contributed by atoms with Crippen molar-refractivity contribution in [3.05, 3.63) is 0 Å². The van der Waals surface area contributed by atoms with Gasteiger partial charge in [0.2, 0.25) is 0 Å². The molecule has 0 radical (unpaired) electrons. The molecule has 1 saturated heterocycles. The van der Waals surface area contributed by atoms with Gasteiger partial charge in [-0.1, -0.05) is 27.2 Å². The highest BCUT2D eigenvalue weighted by molar-refractivity contribution is 4.80. The minimum atomic E-state index is 0.461. The van der Waals surface area contributed by atoms with Crippen LogP contribution in [0.15, 0.2) is 0 Å². The maximum absolute atomic E-state index is 5.78. The predicted octanol–water partition coefficient (Wildman–Crippen LogP) is 2.51. The van der Waals surface area contributed by atoms with E-state index in [9.17, 15) is 0 Å². The molecule has 1 rings (SSSR count). The summed E-state index contributed by atoms with van der Waals surface area (Å²) in [5.74, 6) is 0.748. The van der Waals surface area contributed by atoms with Crippen LogP contribution >= 0.6 is 0 Å². The average molecular weight is 256 g/mol. The number of ether oxygens (including phenoxy) is 1.